The number of hydrogen-bond acceptors (Lipinski definition) is 6. The topological polar surface area (TPSA) is 98.0 Å². The van der Waals surface area contributed by atoms with Crippen molar-refractivity contribution in [2.45, 2.75) is 19.3 Å². The maximum Gasteiger partial charge on any atom is 0.166 e. The van der Waals surface area contributed by atoms with Gasteiger partial charge in [0.1, 0.15) is 0 Å². The minimum Gasteiger partial charge on any atom is -0.384 e. The number of pyridine rings is 2. The third-order valence-electron chi connectivity index (χ3n) is 6.24. The molecule has 4 aromatic rings. The van der Waals surface area contributed by atoms with E-state index in [1.54, 1.807) is 12.4 Å². The Bertz CT molecular complexity index is 1360. The first-order valence-electron chi connectivity index (χ1n) is 13.6. The van der Waals surface area contributed by atoms with E-state index < -0.39 is 0 Å². The Morgan fingerprint density at radius 1 is 0.561 bits per heavy atom. The zero-order valence-electron chi connectivity index (χ0n) is 22.6. The van der Waals surface area contributed by atoms with Crippen molar-refractivity contribution >= 4 is 91.0 Å². The fraction of sp³-hybridized carbons (Fsp3) is 0.310. The molecule has 0 amide bonds. The number of fused-ring (bicyclic) bond motifs is 2. The molecule has 0 bridgehead atoms. The summed E-state index contributed by atoms with van der Waals surface area (Å²) in [5, 5.41) is 24.7. The number of rotatable bonds is 14. The van der Waals surface area contributed by atoms with Crippen LogP contribution in [0.5, 0.6) is 0 Å². The van der Waals surface area contributed by atoms with Crippen LogP contribution in [0.25, 0.3) is 21.8 Å². The third kappa shape index (κ3) is 10.00. The van der Waals surface area contributed by atoms with Crippen molar-refractivity contribution in [1.82, 2.24) is 31.2 Å². The van der Waals surface area contributed by atoms with Crippen LogP contribution in [0.1, 0.15) is 19.3 Å². The molecule has 216 valence electrons. The first kappa shape index (κ1) is 30.8. The number of anilines is 2. The van der Waals surface area contributed by atoms with Gasteiger partial charge in [-0.15, -0.1) is 0 Å². The van der Waals surface area contributed by atoms with E-state index in [4.69, 9.17) is 47.6 Å². The van der Waals surface area contributed by atoms with Crippen molar-refractivity contribution in [3.05, 3.63) is 71.0 Å². The molecule has 2 aromatic carbocycles. The van der Waals surface area contributed by atoms with Crippen LogP contribution < -0.4 is 31.9 Å². The maximum atomic E-state index is 6.07. The van der Waals surface area contributed by atoms with Gasteiger partial charge in [0.2, 0.25) is 0 Å². The van der Waals surface area contributed by atoms with Gasteiger partial charge in [0, 0.05) is 83.9 Å². The van der Waals surface area contributed by atoms with E-state index in [9.17, 15) is 0 Å². The monoisotopic (exact) mass is 628 g/mol. The van der Waals surface area contributed by atoms with Gasteiger partial charge in [-0.25, -0.2) is 0 Å². The van der Waals surface area contributed by atoms with Gasteiger partial charge in [0.05, 0.1) is 11.0 Å². The Morgan fingerprint density at radius 2 is 0.951 bits per heavy atom. The summed E-state index contributed by atoms with van der Waals surface area (Å²) in [7, 11) is 0. The van der Waals surface area contributed by atoms with Crippen LogP contribution in [0.4, 0.5) is 11.4 Å². The third-order valence-corrected chi connectivity index (χ3v) is 7.29. The molecule has 0 fully saturated rings. The Balaban J connectivity index is 0.988. The number of hydrogen-bond donors (Lipinski definition) is 6. The number of benzene rings is 2. The molecular formula is C29H34Cl2N8S2. The molecule has 0 spiro atoms. The van der Waals surface area contributed by atoms with Gasteiger partial charge in [-0.2, -0.15) is 0 Å². The molecule has 4 rings (SSSR count). The van der Waals surface area contributed by atoms with Crippen LogP contribution >= 0.6 is 47.6 Å². The number of aromatic nitrogens is 2. The van der Waals surface area contributed by atoms with Gasteiger partial charge in [0.25, 0.3) is 0 Å². The summed E-state index contributed by atoms with van der Waals surface area (Å²) in [5.74, 6) is 0. The molecule has 0 radical (unpaired) electrons. The lowest BCUT2D eigenvalue weighted by atomic mass is 10.2. The summed E-state index contributed by atoms with van der Waals surface area (Å²) in [6.07, 6.45) is 6.31. The lowest BCUT2D eigenvalue weighted by Gasteiger charge is -2.13. The average Bonchev–Trinajstić information content (AvgIpc) is 2.96. The molecule has 0 saturated carbocycles. The molecule has 2 heterocycles. The van der Waals surface area contributed by atoms with Crippen LogP contribution in [-0.4, -0.2) is 59.5 Å². The molecular weight excluding hydrogens is 595 g/mol. The molecule has 0 aliphatic heterocycles. The largest absolute Gasteiger partial charge is 0.384 e. The smallest absolute Gasteiger partial charge is 0.166 e. The van der Waals surface area contributed by atoms with Crippen molar-refractivity contribution in [3.63, 3.8) is 0 Å². The van der Waals surface area contributed by atoms with Crippen LogP contribution in [0.3, 0.4) is 0 Å². The van der Waals surface area contributed by atoms with Gasteiger partial charge in [-0.05, 0) is 92.2 Å². The lowest BCUT2D eigenvalue weighted by Crippen LogP contribution is -2.39. The highest BCUT2D eigenvalue weighted by atomic mass is 35.5. The summed E-state index contributed by atoms with van der Waals surface area (Å²) in [4.78, 5) is 8.75. The molecule has 2 aromatic heterocycles. The second-order valence-corrected chi connectivity index (χ2v) is 11.0. The zero-order valence-corrected chi connectivity index (χ0v) is 25.7. The molecule has 0 aliphatic carbocycles. The van der Waals surface area contributed by atoms with Gasteiger partial charge < -0.3 is 31.9 Å². The fourth-order valence-corrected chi connectivity index (χ4v) is 4.94. The Morgan fingerprint density at radius 3 is 1.37 bits per heavy atom. The predicted molar refractivity (Wildman–Crippen MR) is 182 cm³/mol. The fourth-order valence-electron chi connectivity index (χ4n) is 4.19. The molecule has 0 atom stereocenters. The lowest BCUT2D eigenvalue weighted by molar-refractivity contribution is 0.710. The van der Waals surface area contributed by atoms with Crippen molar-refractivity contribution in [2.75, 3.05) is 49.9 Å². The number of halogens is 2. The van der Waals surface area contributed by atoms with E-state index in [0.29, 0.717) is 20.3 Å². The highest BCUT2D eigenvalue weighted by Crippen LogP contribution is 2.25. The summed E-state index contributed by atoms with van der Waals surface area (Å²) in [6, 6.07) is 15.4. The predicted octanol–water partition coefficient (Wildman–Crippen LogP) is 5.71. The van der Waals surface area contributed by atoms with Gasteiger partial charge >= 0.3 is 0 Å². The van der Waals surface area contributed by atoms with Crippen molar-refractivity contribution in [3.8, 4) is 0 Å². The van der Waals surface area contributed by atoms with E-state index in [1.807, 2.05) is 48.5 Å². The van der Waals surface area contributed by atoms with E-state index >= 15 is 0 Å². The Labute approximate surface area is 261 Å². The first-order chi connectivity index (χ1) is 20.0. The summed E-state index contributed by atoms with van der Waals surface area (Å²) in [5.41, 5.74) is 3.86. The van der Waals surface area contributed by atoms with Crippen molar-refractivity contribution in [2.24, 2.45) is 0 Å². The van der Waals surface area contributed by atoms with Crippen molar-refractivity contribution < 1.29 is 0 Å². The molecule has 0 aliphatic rings. The second-order valence-electron chi connectivity index (χ2n) is 9.32. The molecule has 0 saturated heterocycles. The standard InChI is InChI=1S/C29H34Cl2N8S2/c30-20-4-6-22-24(8-16-34-26(22)18-20)32-10-1-12-36-28(40)38-14-3-15-39-29(41)37-13-2-11-33-25-9-17-35-27-19-21(31)5-7-23(25)27/h4-9,16-19H,1-3,10-15H2,(H,32,34)(H,33,35)(H2,36,38,40)(H2,37,39,41). The molecule has 0 unspecified atom stereocenters. The summed E-state index contributed by atoms with van der Waals surface area (Å²) < 4.78 is 0. The highest BCUT2D eigenvalue weighted by molar-refractivity contribution is 7.80. The minimum absolute atomic E-state index is 0.660. The maximum absolute atomic E-state index is 6.07. The molecule has 12 heteroatoms. The highest BCUT2D eigenvalue weighted by Gasteiger charge is 2.04. The van der Waals surface area contributed by atoms with Crippen molar-refractivity contribution in [1.29, 1.82) is 0 Å². The first-order valence-corrected chi connectivity index (χ1v) is 15.2. The van der Waals surface area contributed by atoms with Gasteiger partial charge in [-0.1, -0.05) is 23.2 Å². The molecule has 41 heavy (non-hydrogen) atoms. The SMILES string of the molecule is S=C(NCCCNC(=S)NCCCNc1ccnc2cc(Cl)ccc12)NCCCNc1ccnc2cc(Cl)ccc12. The van der Waals surface area contributed by atoms with E-state index in [2.05, 4.69) is 41.9 Å². The van der Waals surface area contributed by atoms with Crippen LogP contribution in [0.15, 0.2) is 60.9 Å². The van der Waals surface area contributed by atoms with Crippen LogP contribution in [0, 0.1) is 0 Å². The summed E-state index contributed by atoms with van der Waals surface area (Å²) >= 11 is 22.9. The quantitative estimate of drug-likeness (QED) is 0.0769. The number of thiocarbonyl (C=S) groups is 2. The second kappa shape index (κ2) is 16.3. The molecule has 8 nitrogen and oxygen atoms in total. The zero-order chi connectivity index (χ0) is 28.9. The van der Waals surface area contributed by atoms with Crippen LogP contribution in [-0.2, 0) is 0 Å². The van der Waals surface area contributed by atoms with Gasteiger partial charge in [-0.3, -0.25) is 9.97 Å². The number of nitrogens with zero attached hydrogens (tertiary/aromatic N) is 2. The van der Waals surface area contributed by atoms with Gasteiger partial charge in [0.15, 0.2) is 10.2 Å². The average molecular weight is 630 g/mol. The Kier molecular flexibility index (Phi) is 12.2. The number of nitrogens with one attached hydrogen (secondary N) is 6. The van der Waals surface area contributed by atoms with E-state index in [0.717, 1.165) is 91.7 Å². The summed E-state index contributed by atoms with van der Waals surface area (Å²) in [6.45, 7) is 4.72. The van der Waals surface area contributed by atoms with E-state index in [-0.39, 0.29) is 0 Å². The molecule has 6 N–H and O–H groups in total. The van der Waals surface area contributed by atoms with E-state index in [1.165, 1.54) is 0 Å². The normalized spacial score (nSPS) is 10.8. The van der Waals surface area contributed by atoms with Crippen LogP contribution in [0.2, 0.25) is 10.0 Å². The minimum atomic E-state index is 0.660. The Hall–Kier alpha value is -3.18.